The van der Waals surface area contributed by atoms with Gasteiger partial charge in [0.15, 0.2) is 0 Å². The Morgan fingerprint density at radius 3 is 1.68 bits per heavy atom. The second-order valence-electron chi connectivity index (χ2n) is 8.13. The molecule has 1 aromatic carbocycles. The minimum Gasteiger partial charge on any atom is -0.508 e. The van der Waals surface area contributed by atoms with E-state index in [4.69, 9.17) is 21.1 Å². The summed E-state index contributed by atoms with van der Waals surface area (Å²) in [7, 11) is 0. The molecule has 0 aliphatic carbocycles. The van der Waals surface area contributed by atoms with E-state index in [-0.39, 0.29) is 12.2 Å². The Kier molecular flexibility index (Phi) is 12.1. The molecule has 0 aliphatic rings. The van der Waals surface area contributed by atoms with Gasteiger partial charge in [0.2, 0.25) is 17.7 Å². The van der Waals surface area contributed by atoms with Gasteiger partial charge in [0.1, 0.15) is 23.9 Å². The average Bonchev–Trinajstić information content (AvgIpc) is 2.80. The van der Waals surface area contributed by atoms with Crippen molar-refractivity contribution in [1.82, 2.24) is 16.0 Å². The van der Waals surface area contributed by atoms with Gasteiger partial charge in [-0.25, -0.2) is 4.79 Å². The van der Waals surface area contributed by atoms with Gasteiger partial charge < -0.3 is 47.2 Å². The summed E-state index contributed by atoms with van der Waals surface area (Å²) >= 11 is 0. The predicted molar refractivity (Wildman–Crippen MR) is 125 cm³/mol. The van der Waals surface area contributed by atoms with E-state index in [1.807, 2.05) is 5.32 Å². The van der Waals surface area contributed by atoms with Gasteiger partial charge in [-0.3, -0.25) is 28.8 Å². The number of benzene rings is 1. The van der Waals surface area contributed by atoms with Gasteiger partial charge in [-0.2, -0.15) is 0 Å². The van der Waals surface area contributed by atoms with Gasteiger partial charge in [0.05, 0.1) is 18.9 Å². The third kappa shape index (κ3) is 11.3. The first kappa shape index (κ1) is 31.3. The highest BCUT2D eigenvalue weighted by Gasteiger charge is 2.32. The molecule has 0 saturated carbocycles. The number of hydrogen-bond acceptors (Lipinski definition) is 9. The lowest BCUT2D eigenvalue weighted by molar-refractivity contribution is -0.144. The van der Waals surface area contributed by atoms with E-state index in [1.54, 1.807) is 0 Å². The maximum Gasteiger partial charge on any atom is 0.326 e. The smallest absolute Gasteiger partial charge is 0.326 e. The molecule has 1 aromatic rings. The molecule has 0 spiro atoms. The number of hydrogen-bond donors (Lipinski definition) is 9. The van der Waals surface area contributed by atoms with Crippen molar-refractivity contribution in [3.63, 3.8) is 0 Å². The highest BCUT2D eigenvalue weighted by molar-refractivity contribution is 5.96. The van der Waals surface area contributed by atoms with Crippen LogP contribution in [0.15, 0.2) is 24.3 Å². The Balaban J connectivity index is 3.07. The monoisotopic (exact) mass is 540 g/mol. The van der Waals surface area contributed by atoms with Gasteiger partial charge >= 0.3 is 23.9 Å². The average molecular weight is 540 g/mol. The quantitative estimate of drug-likeness (QED) is 0.106. The van der Waals surface area contributed by atoms with Crippen LogP contribution >= 0.6 is 0 Å². The third-order valence-electron chi connectivity index (χ3n) is 5.01. The van der Waals surface area contributed by atoms with Gasteiger partial charge in [-0.15, -0.1) is 0 Å². The summed E-state index contributed by atoms with van der Waals surface area (Å²) in [5.74, 6) is -9.38. The summed E-state index contributed by atoms with van der Waals surface area (Å²) in [6.07, 6.45) is -3.23. The molecule has 0 aliphatic heterocycles. The highest BCUT2D eigenvalue weighted by Crippen LogP contribution is 2.12. The number of nitrogens with one attached hydrogen (secondary N) is 3. The zero-order valence-electron chi connectivity index (χ0n) is 19.8. The maximum atomic E-state index is 12.8. The van der Waals surface area contributed by atoms with E-state index >= 15 is 0 Å². The lowest BCUT2D eigenvalue weighted by atomic mass is 10.0. The van der Waals surface area contributed by atoms with Crippen LogP contribution in [0.25, 0.3) is 0 Å². The topological polar surface area (TPSA) is 283 Å². The van der Waals surface area contributed by atoms with Gasteiger partial charge in [-0.1, -0.05) is 12.1 Å². The van der Waals surface area contributed by atoms with Crippen LogP contribution in [0.1, 0.15) is 31.2 Å². The molecule has 0 saturated heterocycles. The van der Waals surface area contributed by atoms with Crippen molar-refractivity contribution < 1.29 is 59.1 Å². The van der Waals surface area contributed by atoms with Gasteiger partial charge in [0.25, 0.3) is 0 Å². The van der Waals surface area contributed by atoms with Crippen molar-refractivity contribution in [1.29, 1.82) is 0 Å². The summed E-state index contributed by atoms with van der Waals surface area (Å²) in [4.78, 5) is 82.4. The van der Waals surface area contributed by atoms with Crippen LogP contribution in [-0.4, -0.2) is 91.3 Å². The molecule has 0 heterocycles. The normalized spacial score (nSPS) is 13.7. The van der Waals surface area contributed by atoms with Crippen molar-refractivity contribution >= 4 is 41.6 Å². The number of phenols is 1. The molecular formula is C22H28N4O12. The van der Waals surface area contributed by atoms with Crippen LogP contribution in [0.4, 0.5) is 0 Å². The molecule has 0 aromatic heterocycles. The van der Waals surface area contributed by atoms with Crippen LogP contribution in [-0.2, 0) is 40.0 Å². The van der Waals surface area contributed by atoms with E-state index in [0.717, 1.165) is 0 Å². The first-order chi connectivity index (χ1) is 17.7. The standard InChI is InChI=1S/C22H28N4O12/c23-12(8-17(30)31)19(34)25-14(9-18(32)33)21(36)24-13(5-6-16(28)29)20(35)26-15(22(37)38)7-10-1-3-11(27)4-2-10/h1-4,12-15,27H,5-9,23H2,(H,24,36)(H,25,34)(H,26,35)(H,28,29)(H,30,31)(H,32,33)(H,37,38). The lowest BCUT2D eigenvalue weighted by Gasteiger charge is -2.24. The minimum absolute atomic E-state index is 0.0759. The van der Waals surface area contributed by atoms with E-state index in [1.165, 1.54) is 24.3 Å². The number of carbonyl (C=O) groups excluding carboxylic acids is 3. The van der Waals surface area contributed by atoms with Crippen LogP contribution < -0.4 is 21.7 Å². The van der Waals surface area contributed by atoms with Gasteiger partial charge in [-0.05, 0) is 24.1 Å². The molecule has 0 radical (unpaired) electrons. The Morgan fingerprint density at radius 1 is 0.684 bits per heavy atom. The van der Waals surface area contributed by atoms with Crippen molar-refractivity contribution in [3.8, 4) is 5.75 Å². The highest BCUT2D eigenvalue weighted by atomic mass is 16.4. The maximum absolute atomic E-state index is 12.8. The molecule has 0 fully saturated rings. The summed E-state index contributed by atoms with van der Waals surface area (Å²) < 4.78 is 0. The molecule has 16 heteroatoms. The fourth-order valence-electron chi connectivity index (χ4n) is 3.09. The molecular weight excluding hydrogens is 512 g/mol. The van der Waals surface area contributed by atoms with Crippen molar-refractivity contribution in [3.05, 3.63) is 29.8 Å². The van der Waals surface area contributed by atoms with E-state index in [0.29, 0.717) is 5.56 Å². The molecule has 4 unspecified atom stereocenters. The molecule has 10 N–H and O–H groups in total. The zero-order valence-corrected chi connectivity index (χ0v) is 19.8. The Hall–Kier alpha value is -4.73. The predicted octanol–water partition coefficient (Wildman–Crippen LogP) is -2.38. The number of aromatic hydroxyl groups is 1. The second-order valence-corrected chi connectivity index (χ2v) is 8.13. The summed E-state index contributed by atoms with van der Waals surface area (Å²) in [5, 5.41) is 51.9. The first-order valence-electron chi connectivity index (χ1n) is 11.0. The summed E-state index contributed by atoms with van der Waals surface area (Å²) in [5.41, 5.74) is 5.83. The largest absolute Gasteiger partial charge is 0.508 e. The third-order valence-corrected chi connectivity index (χ3v) is 5.01. The van der Waals surface area contributed by atoms with Gasteiger partial charge in [0, 0.05) is 12.8 Å². The molecule has 16 nitrogen and oxygen atoms in total. The van der Waals surface area contributed by atoms with E-state index < -0.39 is 91.4 Å². The van der Waals surface area contributed by atoms with Crippen molar-refractivity contribution in [2.75, 3.05) is 0 Å². The SMILES string of the molecule is NC(CC(=O)O)C(=O)NC(CC(=O)O)C(=O)NC(CCC(=O)O)C(=O)NC(Cc1ccc(O)cc1)C(=O)O. The van der Waals surface area contributed by atoms with E-state index in [9.17, 15) is 43.8 Å². The van der Waals surface area contributed by atoms with Crippen LogP contribution in [0.5, 0.6) is 5.75 Å². The number of carboxylic acid groups (broad SMARTS) is 4. The molecule has 0 bridgehead atoms. The van der Waals surface area contributed by atoms with Crippen LogP contribution in [0.3, 0.4) is 0 Å². The summed E-state index contributed by atoms with van der Waals surface area (Å²) in [6, 6.07) is -1.21. The van der Waals surface area contributed by atoms with Crippen molar-refractivity contribution in [2.24, 2.45) is 5.73 Å². The Bertz CT molecular complexity index is 1060. The van der Waals surface area contributed by atoms with Crippen molar-refractivity contribution in [2.45, 2.75) is 56.3 Å². The number of phenolic OH excluding ortho intramolecular Hbond substituents is 1. The molecule has 4 atom stereocenters. The molecule has 208 valence electrons. The Labute approximate surface area is 214 Å². The number of aliphatic carboxylic acids is 4. The Morgan fingerprint density at radius 2 is 1.18 bits per heavy atom. The molecule has 1 rings (SSSR count). The molecule has 3 amide bonds. The number of carbonyl (C=O) groups is 7. The van der Waals surface area contributed by atoms with Crippen LogP contribution in [0.2, 0.25) is 0 Å². The number of carboxylic acids is 4. The number of amides is 3. The first-order valence-corrected chi connectivity index (χ1v) is 11.0. The lowest BCUT2D eigenvalue weighted by Crippen LogP contribution is -2.57. The molecule has 38 heavy (non-hydrogen) atoms. The minimum atomic E-state index is -1.83. The fourth-order valence-corrected chi connectivity index (χ4v) is 3.09. The second kappa shape index (κ2) is 14.7. The zero-order chi connectivity index (χ0) is 29.0. The van der Waals surface area contributed by atoms with Crippen LogP contribution in [0, 0.1) is 0 Å². The summed E-state index contributed by atoms with van der Waals surface area (Å²) in [6.45, 7) is 0. The van der Waals surface area contributed by atoms with E-state index in [2.05, 4.69) is 10.6 Å². The fraction of sp³-hybridized carbons (Fsp3) is 0.409. The number of nitrogens with two attached hydrogens (primary N) is 1. The number of rotatable bonds is 16.